The van der Waals surface area contributed by atoms with Crippen LogP contribution >= 0.6 is 0 Å². The summed E-state index contributed by atoms with van der Waals surface area (Å²) in [4.78, 5) is 12.0. The van der Waals surface area contributed by atoms with Gasteiger partial charge in [-0.1, -0.05) is 6.07 Å². The summed E-state index contributed by atoms with van der Waals surface area (Å²) in [7, 11) is 0. The third-order valence-electron chi connectivity index (χ3n) is 5.46. The average molecular weight is 319 g/mol. The molecule has 5 nitrogen and oxygen atoms in total. The fraction of sp³-hybridized carbons (Fsp3) is 0.421. The SMILES string of the molecule is Cc1cccc(CN2[C@@H]3CC[C@@H]2c2cnc4cc(C)nn4c2C3)n1. The standard InChI is InChI=1S/C19H21N5/c1-12-4-3-5-14(21-12)11-23-15-6-7-17(23)16-10-20-19-8-13(2)22-24(19)18(16)9-15/h3-5,8,10,15,17H,6-7,9,11H2,1-2H3/t15-,17-/m1/s1. The van der Waals surface area contributed by atoms with Gasteiger partial charge in [0.15, 0.2) is 5.65 Å². The fourth-order valence-corrected chi connectivity index (χ4v) is 4.42. The normalized spacial score (nSPS) is 22.9. The lowest BCUT2D eigenvalue weighted by molar-refractivity contribution is 0.163. The van der Waals surface area contributed by atoms with Crippen LogP contribution in [0.4, 0.5) is 0 Å². The van der Waals surface area contributed by atoms with Gasteiger partial charge in [0.2, 0.25) is 0 Å². The van der Waals surface area contributed by atoms with Gasteiger partial charge in [0, 0.05) is 48.6 Å². The van der Waals surface area contributed by atoms with Crippen molar-refractivity contribution in [1.82, 2.24) is 24.5 Å². The zero-order chi connectivity index (χ0) is 16.3. The van der Waals surface area contributed by atoms with Crippen molar-refractivity contribution in [3.05, 3.63) is 58.8 Å². The molecule has 3 aromatic heterocycles. The van der Waals surface area contributed by atoms with E-state index in [9.17, 15) is 0 Å². The molecule has 0 N–H and O–H groups in total. The smallest absolute Gasteiger partial charge is 0.155 e. The molecule has 0 spiro atoms. The van der Waals surface area contributed by atoms with Gasteiger partial charge in [0.1, 0.15) is 0 Å². The Morgan fingerprint density at radius 2 is 2.08 bits per heavy atom. The topological polar surface area (TPSA) is 46.3 Å². The van der Waals surface area contributed by atoms with E-state index in [1.54, 1.807) is 0 Å². The molecule has 2 bridgehead atoms. The van der Waals surface area contributed by atoms with Crippen LogP contribution in [0.3, 0.4) is 0 Å². The Morgan fingerprint density at radius 3 is 2.96 bits per heavy atom. The maximum absolute atomic E-state index is 4.70. The number of pyridine rings is 1. The summed E-state index contributed by atoms with van der Waals surface area (Å²) in [5, 5.41) is 4.67. The first-order valence-electron chi connectivity index (χ1n) is 8.71. The summed E-state index contributed by atoms with van der Waals surface area (Å²) in [6, 6.07) is 9.40. The van der Waals surface area contributed by atoms with Crippen molar-refractivity contribution in [1.29, 1.82) is 0 Å². The van der Waals surface area contributed by atoms with Crippen LogP contribution in [0.25, 0.3) is 5.65 Å². The van der Waals surface area contributed by atoms with E-state index in [4.69, 9.17) is 4.98 Å². The zero-order valence-electron chi connectivity index (χ0n) is 14.1. The second-order valence-corrected chi connectivity index (χ2v) is 7.11. The molecule has 1 saturated heterocycles. The number of aryl methyl sites for hydroxylation is 2. The van der Waals surface area contributed by atoms with Gasteiger partial charge in [-0.25, -0.2) is 9.50 Å². The van der Waals surface area contributed by atoms with Crippen molar-refractivity contribution in [2.45, 2.75) is 51.7 Å². The second-order valence-electron chi connectivity index (χ2n) is 7.11. The maximum Gasteiger partial charge on any atom is 0.155 e. The first kappa shape index (κ1) is 14.1. The molecule has 122 valence electrons. The molecule has 5 heterocycles. The van der Waals surface area contributed by atoms with Crippen LogP contribution in [0.15, 0.2) is 30.5 Å². The van der Waals surface area contributed by atoms with E-state index in [1.165, 1.54) is 29.8 Å². The van der Waals surface area contributed by atoms with Gasteiger partial charge in [-0.15, -0.1) is 0 Å². The van der Waals surface area contributed by atoms with Crippen LogP contribution in [-0.2, 0) is 13.0 Å². The molecule has 0 saturated carbocycles. The highest BCUT2D eigenvalue weighted by Crippen LogP contribution is 2.44. The lowest BCUT2D eigenvalue weighted by atomic mass is 9.99. The molecule has 2 aliphatic heterocycles. The van der Waals surface area contributed by atoms with E-state index in [1.807, 2.05) is 6.92 Å². The average Bonchev–Trinajstić information content (AvgIpc) is 3.06. The van der Waals surface area contributed by atoms with E-state index in [2.05, 4.69) is 56.9 Å². The van der Waals surface area contributed by atoms with Crippen molar-refractivity contribution in [3.8, 4) is 0 Å². The Hall–Kier alpha value is -2.27. The van der Waals surface area contributed by atoms with Crippen molar-refractivity contribution in [2.24, 2.45) is 0 Å². The van der Waals surface area contributed by atoms with Crippen molar-refractivity contribution < 1.29 is 0 Å². The molecule has 0 unspecified atom stereocenters. The van der Waals surface area contributed by atoms with Crippen molar-refractivity contribution in [2.75, 3.05) is 0 Å². The molecule has 0 amide bonds. The van der Waals surface area contributed by atoms with E-state index in [-0.39, 0.29) is 0 Å². The van der Waals surface area contributed by atoms with Crippen LogP contribution in [0.2, 0.25) is 0 Å². The van der Waals surface area contributed by atoms with Crippen LogP contribution in [-0.4, -0.2) is 30.5 Å². The lowest BCUT2D eigenvalue weighted by Gasteiger charge is -2.35. The summed E-state index contributed by atoms with van der Waals surface area (Å²) < 4.78 is 2.07. The monoisotopic (exact) mass is 319 g/mol. The summed E-state index contributed by atoms with van der Waals surface area (Å²) >= 11 is 0. The lowest BCUT2D eigenvalue weighted by Crippen LogP contribution is -2.38. The minimum Gasteiger partial charge on any atom is -0.287 e. The van der Waals surface area contributed by atoms with Crippen LogP contribution in [0.1, 0.15) is 47.2 Å². The summed E-state index contributed by atoms with van der Waals surface area (Å²) in [5.41, 5.74) is 6.97. The molecule has 2 atom stereocenters. The number of nitrogens with zero attached hydrogens (tertiary/aromatic N) is 5. The third kappa shape index (κ3) is 2.08. The summed E-state index contributed by atoms with van der Waals surface area (Å²) in [6.45, 7) is 5.02. The van der Waals surface area contributed by atoms with Crippen molar-refractivity contribution in [3.63, 3.8) is 0 Å². The Kier molecular flexibility index (Phi) is 3.00. The fourth-order valence-electron chi connectivity index (χ4n) is 4.42. The molecule has 1 fully saturated rings. The molecule has 5 heteroatoms. The Labute approximate surface area is 141 Å². The van der Waals surface area contributed by atoms with E-state index in [0.717, 1.165) is 30.0 Å². The Morgan fingerprint density at radius 1 is 1.17 bits per heavy atom. The molecule has 2 aliphatic rings. The largest absolute Gasteiger partial charge is 0.287 e. The predicted molar refractivity (Wildman–Crippen MR) is 91.7 cm³/mol. The highest BCUT2D eigenvalue weighted by molar-refractivity contribution is 5.44. The molecule has 24 heavy (non-hydrogen) atoms. The Balaban J connectivity index is 1.54. The number of fused-ring (bicyclic) bond motifs is 6. The minimum atomic E-state index is 0.447. The number of rotatable bonds is 2. The third-order valence-corrected chi connectivity index (χ3v) is 5.46. The number of hydrogen-bond donors (Lipinski definition) is 0. The van der Waals surface area contributed by atoms with E-state index in [0.29, 0.717) is 12.1 Å². The molecular weight excluding hydrogens is 298 g/mol. The highest BCUT2D eigenvalue weighted by atomic mass is 15.3. The van der Waals surface area contributed by atoms with Gasteiger partial charge in [0.25, 0.3) is 0 Å². The number of aromatic nitrogens is 4. The van der Waals surface area contributed by atoms with Crippen LogP contribution < -0.4 is 0 Å². The van der Waals surface area contributed by atoms with Gasteiger partial charge in [0.05, 0.1) is 17.1 Å². The molecule has 0 radical (unpaired) electrons. The maximum atomic E-state index is 4.70. The molecule has 3 aromatic rings. The molecule has 0 aromatic carbocycles. The molecule has 5 rings (SSSR count). The van der Waals surface area contributed by atoms with Gasteiger partial charge >= 0.3 is 0 Å². The van der Waals surface area contributed by atoms with Crippen LogP contribution in [0.5, 0.6) is 0 Å². The predicted octanol–water partition coefficient (Wildman–Crippen LogP) is 3.00. The van der Waals surface area contributed by atoms with E-state index >= 15 is 0 Å². The Bertz CT molecular complexity index is 929. The van der Waals surface area contributed by atoms with E-state index < -0.39 is 0 Å². The summed E-state index contributed by atoms with van der Waals surface area (Å²) in [6.07, 6.45) is 5.58. The molecule has 0 aliphatic carbocycles. The molecular formula is C19H21N5. The van der Waals surface area contributed by atoms with Gasteiger partial charge in [-0.3, -0.25) is 9.88 Å². The zero-order valence-corrected chi connectivity index (χ0v) is 14.1. The van der Waals surface area contributed by atoms with Gasteiger partial charge in [-0.05, 0) is 38.8 Å². The first-order valence-corrected chi connectivity index (χ1v) is 8.71. The first-order chi connectivity index (χ1) is 11.7. The minimum absolute atomic E-state index is 0.447. The van der Waals surface area contributed by atoms with Gasteiger partial charge in [-0.2, -0.15) is 5.10 Å². The number of hydrogen-bond acceptors (Lipinski definition) is 4. The highest BCUT2D eigenvalue weighted by Gasteiger charge is 2.41. The summed E-state index contributed by atoms with van der Waals surface area (Å²) in [5.74, 6) is 0. The van der Waals surface area contributed by atoms with Gasteiger partial charge < -0.3 is 0 Å². The quantitative estimate of drug-likeness (QED) is 0.728. The second kappa shape index (κ2) is 5.11. The van der Waals surface area contributed by atoms with Crippen LogP contribution in [0, 0.1) is 13.8 Å². The van der Waals surface area contributed by atoms with Crippen molar-refractivity contribution >= 4 is 5.65 Å².